The van der Waals surface area contributed by atoms with E-state index < -0.39 is 9.84 Å². The van der Waals surface area contributed by atoms with E-state index >= 15 is 0 Å². The van der Waals surface area contributed by atoms with Gasteiger partial charge in [-0.05, 0) is 24.3 Å². The van der Waals surface area contributed by atoms with Gasteiger partial charge < -0.3 is 5.32 Å². The molecule has 0 aliphatic rings. The van der Waals surface area contributed by atoms with E-state index in [0.29, 0.717) is 4.90 Å². The van der Waals surface area contributed by atoms with Gasteiger partial charge in [-0.2, -0.15) is 0 Å². The van der Waals surface area contributed by atoms with Gasteiger partial charge in [0.1, 0.15) is 0 Å². The van der Waals surface area contributed by atoms with Crippen molar-refractivity contribution in [2.75, 3.05) is 11.6 Å². The van der Waals surface area contributed by atoms with Gasteiger partial charge in [-0.25, -0.2) is 13.4 Å². The number of sulfone groups is 1. The van der Waals surface area contributed by atoms with Gasteiger partial charge >= 0.3 is 0 Å². The highest BCUT2D eigenvalue weighted by Gasteiger charge is 2.07. The molecule has 0 atom stereocenters. The summed E-state index contributed by atoms with van der Waals surface area (Å²) in [5.74, 6) is 0. The lowest BCUT2D eigenvalue weighted by atomic mass is 10.2. The van der Waals surface area contributed by atoms with E-state index in [1.54, 1.807) is 24.3 Å². The summed E-state index contributed by atoms with van der Waals surface area (Å²) >= 11 is 1.51. The summed E-state index contributed by atoms with van der Waals surface area (Å²) in [5.41, 5.74) is 2.79. The molecule has 3 rings (SSSR count). The van der Waals surface area contributed by atoms with E-state index in [-0.39, 0.29) is 0 Å². The Morgan fingerprint density at radius 3 is 2.32 bits per heavy atom. The van der Waals surface area contributed by atoms with Crippen LogP contribution in [0.5, 0.6) is 0 Å². The minimum Gasteiger partial charge on any atom is -0.332 e. The van der Waals surface area contributed by atoms with Crippen LogP contribution < -0.4 is 5.32 Å². The monoisotopic (exact) mass is 330 g/mol. The second kappa shape index (κ2) is 5.90. The number of hydrogen-bond donors (Lipinski definition) is 1. The second-order valence-corrected chi connectivity index (χ2v) is 7.70. The molecule has 0 aliphatic heterocycles. The predicted octanol–water partition coefficient (Wildman–Crippen LogP) is 3.96. The zero-order chi connectivity index (χ0) is 15.6. The molecule has 112 valence electrons. The fourth-order valence-electron chi connectivity index (χ4n) is 1.98. The fraction of sp³-hybridized carbons (Fsp3) is 0.0625. The van der Waals surface area contributed by atoms with Crippen LogP contribution in [-0.2, 0) is 9.84 Å². The summed E-state index contributed by atoms with van der Waals surface area (Å²) < 4.78 is 22.9. The van der Waals surface area contributed by atoms with Gasteiger partial charge in [0.2, 0.25) is 0 Å². The number of rotatable bonds is 4. The van der Waals surface area contributed by atoms with E-state index in [1.807, 2.05) is 35.7 Å². The standard InChI is InChI=1S/C16H14N2O2S2/c1-22(19,20)14-9-7-13(8-10-14)17-16-18-15(11-21-16)12-5-3-2-4-6-12/h2-11H,1H3,(H,17,18). The highest BCUT2D eigenvalue weighted by molar-refractivity contribution is 7.90. The molecule has 0 saturated carbocycles. The Labute approximate surface area is 133 Å². The molecule has 1 aromatic heterocycles. The summed E-state index contributed by atoms with van der Waals surface area (Å²) in [6.07, 6.45) is 1.20. The zero-order valence-corrected chi connectivity index (χ0v) is 13.5. The number of aromatic nitrogens is 1. The van der Waals surface area contributed by atoms with E-state index in [0.717, 1.165) is 22.1 Å². The molecule has 0 aliphatic carbocycles. The summed E-state index contributed by atoms with van der Waals surface area (Å²) in [6.45, 7) is 0. The van der Waals surface area contributed by atoms with Crippen molar-refractivity contribution in [1.29, 1.82) is 0 Å². The van der Waals surface area contributed by atoms with E-state index in [9.17, 15) is 8.42 Å². The van der Waals surface area contributed by atoms with Crippen molar-refractivity contribution >= 4 is 32.0 Å². The molecule has 0 spiro atoms. The molecule has 6 heteroatoms. The summed E-state index contributed by atoms with van der Waals surface area (Å²) in [5, 5.41) is 5.94. The van der Waals surface area contributed by atoms with Crippen LogP contribution in [0, 0.1) is 0 Å². The van der Waals surface area contributed by atoms with Gasteiger partial charge in [0.15, 0.2) is 15.0 Å². The molecule has 1 heterocycles. The Balaban J connectivity index is 1.78. The Morgan fingerprint density at radius 2 is 1.68 bits per heavy atom. The lowest BCUT2D eigenvalue weighted by Gasteiger charge is -2.03. The molecule has 1 N–H and O–H groups in total. The first-order valence-corrected chi connectivity index (χ1v) is 9.37. The molecule has 0 radical (unpaired) electrons. The van der Waals surface area contributed by atoms with Crippen LogP contribution in [0.25, 0.3) is 11.3 Å². The van der Waals surface area contributed by atoms with Crippen molar-refractivity contribution < 1.29 is 8.42 Å². The molecule has 3 aromatic rings. The maximum Gasteiger partial charge on any atom is 0.187 e. The van der Waals surface area contributed by atoms with Crippen molar-refractivity contribution in [2.24, 2.45) is 0 Å². The van der Waals surface area contributed by atoms with Crippen molar-refractivity contribution in [3.63, 3.8) is 0 Å². The minimum absolute atomic E-state index is 0.308. The van der Waals surface area contributed by atoms with E-state index in [2.05, 4.69) is 10.3 Å². The lowest BCUT2D eigenvalue weighted by molar-refractivity contribution is 0.602. The average Bonchev–Trinajstić information content (AvgIpc) is 2.96. The van der Waals surface area contributed by atoms with Crippen molar-refractivity contribution in [3.05, 3.63) is 60.0 Å². The number of thiazole rings is 1. The van der Waals surface area contributed by atoms with Crippen LogP contribution in [0.15, 0.2) is 64.9 Å². The first-order chi connectivity index (χ1) is 10.5. The van der Waals surface area contributed by atoms with Crippen LogP contribution in [0.3, 0.4) is 0 Å². The van der Waals surface area contributed by atoms with Gasteiger partial charge in [-0.3, -0.25) is 0 Å². The minimum atomic E-state index is -3.17. The quantitative estimate of drug-likeness (QED) is 0.787. The first kappa shape index (κ1) is 14.7. The molecular formula is C16H14N2O2S2. The van der Waals surface area contributed by atoms with Crippen LogP contribution >= 0.6 is 11.3 Å². The molecule has 0 unspecified atom stereocenters. The van der Waals surface area contributed by atoms with Gasteiger partial charge in [0.25, 0.3) is 0 Å². The largest absolute Gasteiger partial charge is 0.332 e. The average molecular weight is 330 g/mol. The Hall–Kier alpha value is -2.18. The third-order valence-electron chi connectivity index (χ3n) is 3.11. The predicted molar refractivity (Wildman–Crippen MR) is 90.4 cm³/mol. The molecule has 0 saturated heterocycles. The van der Waals surface area contributed by atoms with Crippen molar-refractivity contribution in [2.45, 2.75) is 4.90 Å². The highest BCUT2D eigenvalue weighted by atomic mass is 32.2. The summed E-state index contributed by atoms with van der Waals surface area (Å²) in [6, 6.07) is 16.6. The van der Waals surface area contributed by atoms with E-state index in [1.165, 1.54) is 17.6 Å². The third-order valence-corrected chi connectivity index (χ3v) is 4.99. The normalized spacial score (nSPS) is 11.3. The topological polar surface area (TPSA) is 59.1 Å². The zero-order valence-electron chi connectivity index (χ0n) is 11.9. The number of benzene rings is 2. The molecule has 2 aromatic carbocycles. The number of nitrogens with one attached hydrogen (secondary N) is 1. The van der Waals surface area contributed by atoms with Gasteiger partial charge in [0, 0.05) is 22.9 Å². The third kappa shape index (κ3) is 3.35. The van der Waals surface area contributed by atoms with Crippen molar-refractivity contribution in [3.8, 4) is 11.3 Å². The Kier molecular flexibility index (Phi) is 3.96. The summed E-state index contributed by atoms with van der Waals surface area (Å²) in [7, 11) is -3.17. The number of hydrogen-bond acceptors (Lipinski definition) is 5. The highest BCUT2D eigenvalue weighted by Crippen LogP contribution is 2.27. The SMILES string of the molecule is CS(=O)(=O)c1ccc(Nc2nc(-c3ccccc3)cs2)cc1. The molecule has 0 amide bonds. The second-order valence-electron chi connectivity index (χ2n) is 4.83. The molecule has 4 nitrogen and oxygen atoms in total. The van der Waals surface area contributed by atoms with Crippen LogP contribution in [-0.4, -0.2) is 19.7 Å². The maximum atomic E-state index is 11.4. The van der Waals surface area contributed by atoms with Crippen LogP contribution in [0.4, 0.5) is 10.8 Å². The molecule has 0 bridgehead atoms. The first-order valence-electron chi connectivity index (χ1n) is 6.60. The summed E-state index contributed by atoms with van der Waals surface area (Å²) in [4.78, 5) is 4.84. The fourth-order valence-corrected chi connectivity index (χ4v) is 3.35. The number of anilines is 2. The molecule has 22 heavy (non-hydrogen) atoms. The van der Waals surface area contributed by atoms with E-state index in [4.69, 9.17) is 0 Å². The van der Waals surface area contributed by atoms with Gasteiger partial charge in [-0.1, -0.05) is 30.3 Å². The van der Waals surface area contributed by atoms with Gasteiger partial charge in [0.05, 0.1) is 10.6 Å². The smallest absolute Gasteiger partial charge is 0.187 e. The number of nitrogens with zero attached hydrogens (tertiary/aromatic N) is 1. The Bertz CT molecular complexity index is 870. The lowest BCUT2D eigenvalue weighted by Crippen LogP contribution is -1.97. The van der Waals surface area contributed by atoms with Crippen LogP contribution in [0.1, 0.15) is 0 Å². The molecular weight excluding hydrogens is 316 g/mol. The Morgan fingerprint density at radius 1 is 1.00 bits per heavy atom. The van der Waals surface area contributed by atoms with Crippen molar-refractivity contribution in [1.82, 2.24) is 4.98 Å². The maximum absolute atomic E-state index is 11.4. The van der Waals surface area contributed by atoms with Crippen LogP contribution in [0.2, 0.25) is 0 Å². The van der Waals surface area contributed by atoms with Gasteiger partial charge in [-0.15, -0.1) is 11.3 Å². The molecule has 0 fully saturated rings.